The molecule has 0 saturated carbocycles. The molecule has 24 heavy (non-hydrogen) atoms. The first-order chi connectivity index (χ1) is 11.6. The van der Waals surface area contributed by atoms with Gasteiger partial charge in [-0.25, -0.2) is 9.37 Å². The van der Waals surface area contributed by atoms with Crippen LogP contribution in [0, 0.1) is 5.82 Å². The lowest BCUT2D eigenvalue weighted by Gasteiger charge is -2.11. The Morgan fingerprint density at radius 3 is 2.58 bits per heavy atom. The van der Waals surface area contributed by atoms with Gasteiger partial charge in [0.25, 0.3) is 0 Å². The van der Waals surface area contributed by atoms with E-state index in [-0.39, 0.29) is 22.9 Å². The normalized spacial score (nSPS) is 10.4. The van der Waals surface area contributed by atoms with E-state index in [9.17, 15) is 9.18 Å². The standard InChI is InChI=1S/C19H14ClFN2O/c20-16-9-4-10-17(21)15(16)12-18(24)23-19-14(8-5-11-22-19)13-6-2-1-3-7-13/h1-11H,12H2,(H,22,23,24). The fourth-order valence-corrected chi connectivity index (χ4v) is 2.62. The summed E-state index contributed by atoms with van der Waals surface area (Å²) in [6.45, 7) is 0. The van der Waals surface area contributed by atoms with E-state index < -0.39 is 5.82 Å². The number of aromatic nitrogens is 1. The maximum absolute atomic E-state index is 13.8. The monoisotopic (exact) mass is 340 g/mol. The summed E-state index contributed by atoms with van der Waals surface area (Å²) in [4.78, 5) is 16.5. The second-order valence-electron chi connectivity index (χ2n) is 5.19. The molecule has 0 bridgehead atoms. The minimum absolute atomic E-state index is 0.156. The smallest absolute Gasteiger partial charge is 0.230 e. The van der Waals surface area contributed by atoms with Crippen molar-refractivity contribution in [1.29, 1.82) is 0 Å². The van der Waals surface area contributed by atoms with Gasteiger partial charge in [-0.1, -0.05) is 48.0 Å². The molecule has 1 amide bonds. The second-order valence-corrected chi connectivity index (χ2v) is 5.60. The van der Waals surface area contributed by atoms with Gasteiger partial charge in [0.1, 0.15) is 11.6 Å². The van der Waals surface area contributed by atoms with Gasteiger partial charge in [0.15, 0.2) is 0 Å². The molecule has 5 heteroatoms. The molecule has 0 radical (unpaired) electrons. The zero-order chi connectivity index (χ0) is 16.9. The van der Waals surface area contributed by atoms with Gasteiger partial charge >= 0.3 is 0 Å². The number of amides is 1. The first-order valence-electron chi connectivity index (χ1n) is 7.38. The number of carbonyl (C=O) groups excluding carboxylic acids is 1. The molecule has 0 aliphatic carbocycles. The molecular formula is C19H14ClFN2O. The number of halogens is 2. The third kappa shape index (κ3) is 3.60. The Morgan fingerprint density at radius 1 is 1.04 bits per heavy atom. The van der Waals surface area contributed by atoms with Crippen LogP contribution in [-0.4, -0.2) is 10.9 Å². The fraction of sp³-hybridized carbons (Fsp3) is 0.0526. The van der Waals surface area contributed by atoms with Crippen LogP contribution in [0.3, 0.4) is 0 Å². The molecular weight excluding hydrogens is 327 g/mol. The van der Waals surface area contributed by atoms with Crippen molar-refractivity contribution in [3.63, 3.8) is 0 Å². The third-order valence-corrected chi connectivity index (χ3v) is 3.90. The summed E-state index contributed by atoms with van der Waals surface area (Å²) in [5.41, 5.74) is 1.91. The van der Waals surface area contributed by atoms with E-state index in [0.29, 0.717) is 5.82 Å². The predicted octanol–water partition coefficient (Wildman–Crippen LogP) is 4.72. The highest BCUT2D eigenvalue weighted by Gasteiger charge is 2.14. The van der Waals surface area contributed by atoms with Crippen LogP contribution in [0.1, 0.15) is 5.56 Å². The molecule has 0 saturated heterocycles. The molecule has 0 spiro atoms. The molecule has 3 rings (SSSR count). The Morgan fingerprint density at radius 2 is 1.83 bits per heavy atom. The number of rotatable bonds is 4. The summed E-state index contributed by atoms with van der Waals surface area (Å²) >= 11 is 5.97. The van der Waals surface area contributed by atoms with Crippen LogP contribution in [0.5, 0.6) is 0 Å². The molecule has 0 fully saturated rings. The molecule has 0 atom stereocenters. The van der Waals surface area contributed by atoms with Crippen LogP contribution >= 0.6 is 11.6 Å². The minimum Gasteiger partial charge on any atom is -0.310 e. The van der Waals surface area contributed by atoms with Gasteiger partial charge in [-0.05, 0) is 29.8 Å². The quantitative estimate of drug-likeness (QED) is 0.746. The Balaban J connectivity index is 1.83. The van der Waals surface area contributed by atoms with E-state index in [4.69, 9.17) is 11.6 Å². The van der Waals surface area contributed by atoms with E-state index in [1.807, 2.05) is 36.4 Å². The Kier molecular flexibility index (Phi) is 4.87. The predicted molar refractivity (Wildman–Crippen MR) is 93.4 cm³/mol. The number of hydrogen-bond acceptors (Lipinski definition) is 2. The summed E-state index contributed by atoms with van der Waals surface area (Å²) in [6.07, 6.45) is 1.44. The summed E-state index contributed by atoms with van der Waals surface area (Å²) in [5, 5.41) is 2.97. The molecule has 0 aliphatic rings. The van der Waals surface area contributed by atoms with Crippen LogP contribution in [0.4, 0.5) is 10.2 Å². The molecule has 3 nitrogen and oxygen atoms in total. The molecule has 0 aliphatic heterocycles. The summed E-state index contributed by atoms with van der Waals surface area (Å²) in [5.74, 6) is -0.444. The summed E-state index contributed by atoms with van der Waals surface area (Å²) < 4.78 is 13.8. The minimum atomic E-state index is -0.498. The van der Waals surface area contributed by atoms with Gasteiger partial charge in [-0.2, -0.15) is 0 Å². The molecule has 1 heterocycles. The molecule has 1 aromatic heterocycles. The Labute approximate surface area is 144 Å². The van der Waals surface area contributed by atoms with E-state index in [2.05, 4.69) is 10.3 Å². The van der Waals surface area contributed by atoms with E-state index in [1.54, 1.807) is 18.3 Å². The van der Waals surface area contributed by atoms with E-state index in [0.717, 1.165) is 11.1 Å². The maximum atomic E-state index is 13.8. The highest BCUT2D eigenvalue weighted by molar-refractivity contribution is 6.31. The first-order valence-corrected chi connectivity index (χ1v) is 7.76. The number of carbonyl (C=O) groups is 1. The zero-order valence-corrected chi connectivity index (χ0v) is 13.4. The van der Waals surface area contributed by atoms with Crippen LogP contribution < -0.4 is 5.32 Å². The molecule has 1 N–H and O–H groups in total. The largest absolute Gasteiger partial charge is 0.310 e. The SMILES string of the molecule is O=C(Cc1c(F)cccc1Cl)Nc1ncccc1-c1ccccc1. The molecule has 0 unspecified atom stereocenters. The Bertz CT molecular complexity index is 848. The average Bonchev–Trinajstić information content (AvgIpc) is 2.60. The zero-order valence-electron chi connectivity index (χ0n) is 12.7. The van der Waals surface area contributed by atoms with Gasteiger partial charge in [-0.3, -0.25) is 4.79 Å². The highest BCUT2D eigenvalue weighted by atomic mass is 35.5. The van der Waals surface area contributed by atoms with Gasteiger partial charge in [0.2, 0.25) is 5.91 Å². The van der Waals surface area contributed by atoms with E-state index >= 15 is 0 Å². The first kappa shape index (κ1) is 16.1. The number of nitrogens with zero attached hydrogens (tertiary/aromatic N) is 1. The fourth-order valence-electron chi connectivity index (χ4n) is 2.39. The number of anilines is 1. The summed E-state index contributed by atoms with van der Waals surface area (Å²) in [6, 6.07) is 17.6. The number of hydrogen-bond donors (Lipinski definition) is 1. The maximum Gasteiger partial charge on any atom is 0.230 e. The van der Waals surface area contributed by atoms with Crippen molar-refractivity contribution in [2.75, 3.05) is 5.32 Å². The van der Waals surface area contributed by atoms with Crippen LogP contribution in [0.15, 0.2) is 66.9 Å². The van der Waals surface area contributed by atoms with Gasteiger partial charge in [-0.15, -0.1) is 0 Å². The highest BCUT2D eigenvalue weighted by Crippen LogP contribution is 2.26. The van der Waals surface area contributed by atoms with E-state index in [1.165, 1.54) is 12.1 Å². The lowest BCUT2D eigenvalue weighted by molar-refractivity contribution is -0.115. The number of pyridine rings is 1. The molecule has 120 valence electrons. The van der Waals surface area contributed by atoms with Crippen LogP contribution in [0.25, 0.3) is 11.1 Å². The average molecular weight is 341 g/mol. The van der Waals surface area contributed by atoms with Crippen molar-refractivity contribution in [2.24, 2.45) is 0 Å². The second kappa shape index (κ2) is 7.23. The third-order valence-electron chi connectivity index (χ3n) is 3.55. The van der Waals surface area contributed by atoms with Gasteiger partial charge in [0.05, 0.1) is 6.42 Å². The lowest BCUT2D eigenvalue weighted by Crippen LogP contribution is -2.17. The van der Waals surface area contributed by atoms with Crippen molar-refractivity contribution in [3.05, 3.63) is 83.3 Å². The van der Waals surface area contributed by atoms with Crippen molar-refractivity contribution < 1.29 is 9.18 Å². The van der Waals surface area contributed by atoms with Crippen molar-refractivity contribution >= 4 is 23.3 Å². The van der Waals surface area contributed by atoms with Crippen LogP contribution in [-0.2, 0) is 11.2 Å². The van der Waals surface area contributed by atoms with Gasteiger partial charge < -0.3 is 5.32 Å². The molecule has 2 aromatic carbocycles. The summed E-state index contributed by atoms with van der Waals surface area (Å²) in [7, 11) is 0. The Hall–Kier alpha value is -2.72. The van der Waals surface area contributed by atoms with Gasteiger partial charge in [0, 0.05) is 22.3 Å². The lowest BCUT2D eigenvalue weighted by atomic mass is 10.1. The van der Waals surface area contributed by atoms with Crippen molar-refractivity contribution in [3.8, 4) is 11.1 Å². The van der Waals surface area contributed by atoms with Crippen molar-refractivity contribution in [2.45, 2.75) is 6.42 Å². The number of nitrogens with one attached hydrogen (secondary N) is 1. The van der Waals surface area contributed by atoms with Crippen molar-refractivity contribution in [1.82, 2.24) is 4.98 Å². The van der Waals surface area contributed by atoms with Crippen LogP contribution in [0.2, 0.25) is 5.02 Å². The topological polar surface area (TPSA) is 42.0 Å². The molecule has 3 aromatic rings. The number of benzene rings is 2.